The van der Waals surface area contributed by atoms with Gasteiger partial charge in [0.15, 0.2) is 0 Å². The van der Waals surface area contributed by atoms with Crippen molar-refractivity contribution in [2.75, 3.05) is 5.32 Å². The molecule has 1 N–H and O–H groups in total. The zero-order valence-corrected chi connectivity index (χ0v) is 13.4. The van der Waals surface area contributed by atoms with Gasteiger partial charge < -0.3 is 5.32 Å². The van der Waals surface area contributed by atoms with Crippen molar-refractivity contribution >= 4 is 11.6 Å². The second-order valence-electron chi connectivity index (χ2n) is 6.39. The molecular formula is C17H19F6NO. The van der Waals surface area contributed by atoms with Gasteiger partial charge in [0.2, 0.25) is 5.91 Å². The Morgan fingerprint density at radius 1 is 0.920 bits per heavy atom. The highest BCUT2D eigenvalue weighted by Gasteiger charge is 2.37. The lowest BCUT2D eigenvalue weighted by molar-refractivity contribution is -0.143. The molecule has 0 aliphatic heterocycles. The molecule has 1 saturated carbocycles. The molecule has 0 aromatic heterocycles. The summed E-state index contributed by atoms with van der Waals surface area (Å²) in [6, 6.07) is 1.08. The highest BCUT2D eigenvalue weighted by Crippen LogP contribution is 2.37. The van der Waals surface area contributed by atoms with Gasteiger partial charge in [-0.25, -0.2) is 0 Å². The monoisotopic (exact) mass is 367 g/mol. The molecule has 2 nitrogen and oxygen atoms in total. The molecule has 0 spiro atoms. The SMILES string of the molecule is O=C(CCC1CCCCC1)Nc1cc(C(F)(F)F)cc(C(F)(F)F)c1. The summed E-state index contributed by atoms with van der Waals surface area (Å²) < 4.78 is 76.7. The number of amides is 1. The Labute approximate surface area is 141 Å². The number of benzene rings is 1. The Morgan fingerprint density at radius 3 is 1.92 bits per heavy atom. The molecule has 8 heteroatoms. The lowest BCUT2D eigenvalue weighted by Gasteiger charge is -2.21. The smallest absolute Gasteiger partial charge is 0.326 e. The number of carbonyl (C=O) groups excluding carboxylic acids is 1. The summed E-state index contributed by atoms with van der Waals surface area (Å²) in [5.41, 5.74) is -3.37. The number of rotatable bonds is 4. The number of alkyl halides is 6. The van der Waals surface area contributed by atoms with Gasteiger partial charge in [0.1, 0.15) is 0 Å². The van der Waals surface area contributed by atoms with Crippen LogP contribution in [-0.4, -0.2) is 5.91 Å². The molecule has 0 bridgehead atoms. The number of nitrogens with one attached hydrogen (secondary N) is 1. The Kier molecular flexibility index (Phi) is 6.00. The average molecular weight is 367 g/mol. The maximum atomic E-state index is 12.8. The molecule has 0 unspecified atom stereocenters. The van der Waals surface area contributed by atoms with E-state index in [0.717, 1.165) is 32.1 Å². The fourth-order valence-corrected chi connectivity index (χ4v) is 3.06. The van der Waals surface area contributed by atoms with Gasteiger partial charge in [-0.1, -0.05) is 32.1 Å². The van der Waals surface area contributed by atoms with Gasteiger partial charge in [0.25, 0.3) is 0 Å². The van der Waals surface area contributed by atoms with Crippen LogP contribution in [0.5, 0.6) is 0 Å². The van der Waals surface area contributed by atoms with Crippen molar-refractivity contribution in [3.8, 4) is 0 Å². The second kappa shape index (κ2) is 7.66. The third-order valence-electron chi connectivity index (χ3n) is 4.38. The fraction of sp³-hybridized carbons (Fsp3) is 0.588. The van der Waals surface area contributed by atoms with E-state index in [4.69, 9.17) is 0 Å². The molecule has 1 aromatic carbocycles. The van der Waals surface area contributed by atoms with Gasteiger partial charge in [-0.15, -0.1) is 0 Å². The van der Waals surface area contributed by atoms with Crippen LogP contribution in [-0.2, 0) is 17.1 Å². The predicted molar refractivity (Wildman–Crippen MR) is 80.9 cm³/mol. The highest BCUT2D eigenvalue weighted by molar-refractivity contribution is 5.90. The lowest BCUT2D eigenvalue weighted by Crippen LogP contribution is -2.17. The summed E-state index contributed by atoms with van der Waals surface area (Å²) in [4.78, 5) is 11.9. The standard InChI is InChI=1S/C17H19F6NO/c18-16(19,20)12-8-13(17(21,22)23)10-14(9-12)24-15(25)7-6-11-4-2-1-3-5-11/h8-11H,1-7H2,(H,24,25). The summed E-state index contributed by atoms with van der Waals surface area (Å²) in [7, 11) is 0. The van der Waals surface area contributed by atoms with E-state index < -0.39 is 35.1 Å². The van der Waals surface area contributed by atoms with E-state index in [1.807, 2.05) is 0 Å². The summed E-state index contributed by atoms with van der Waals surface area (Å²) in [6.07, 6.45) is -3.81. The van der Waals surface area contributed by atoms with Crippen molar-refractivity contribution in [3.05, 3.63) is 29.3 Å². The number of hydrogen-bond acceptors (Lipinski definition) is 1. The van der Waals surface area contributed by atoms with Crippen molar-refractivity contribution in [2.24, 2.45) is 5.92 Å². The van der Waals surface area contributed by atoms with E-state index in [1.165, 1.54) is 0 Å². The van der Waals surface area contributed by atoms with Crippen LogP contribution in [0.15, 0.2) is 18.2 Å². The van der Waals surface area contributed by atoms with Crippen molar-refractivity contribution < 1.29 is 31.1 Å². The first-order valence-electron chi connectivity index (χ1n) is 8.15. The molecule has 1 aromatic rings. The number of carbonyl (C=O) groups is 1. The van der Waals surface area contributed by atoms with Crippen LogP contribution >= 0.6 is 0 Å². The highest BCUT2D eigenvalue weighted by atomic mass is 19.4. The fourth-order valence-electron chi connectivity index (χ4n) is 3.06. The van der Waals surface area contributed by atoms with Crippen molar-refractivity contribution in [3.63, 3.8) is 0 Å². The Bertz CT molecular complexity index is 570. The van der Waals surface area contributed by atoms with Gasteiger partial charge in [-0.05, 0) is 30.5 Å². The quantitative estimate of drug-likeness (QED) is 0.648. The third kappa shape index (κ3) is 5.93. The molecule has 0 saturated heterocycles. The number of anilines is 1. The largest absolute Gasteiger partial charge is 0.416 e. The van der Waals surface area contributed by atoms with E-state index in [0.29, 0.717) is 24.5 Å². The van der Waals surface area contributed by atoms with Crippen LogP contribution in [0.1, 0.15) is 56.1 Å². The second-order valence-corrected chi connectivity index (χ2v) is 6.39. The van der Waals surface area contributed by atoms with E-state index in [1.54, 1.807) is 0 Å². The summed E-state index contributed by atoms with van der Waals surface area (Å²) in [5, 5.41) is 2.17. The number of hydrogen-bond donors (Lipinski definition) is 1. The van der Waals surface area contributed by atoms with Crippen LogP contribution in [0, 0.1) is 5.92 Å². The van der Waals surface area contributed by atoms with Crippen molar-refractivity contribution in [1.82, 2.24) is 0 Å². The van der Waals surface area contributed by atoms with Gasteiger partial charge in [-0.3, -0.25) is 4.79 Å². The minimum atomic E-state index is -4.93. The van der Waals surface area contributed by atoms with Crippen LogP contribution in [0.2, 0.25) is 0 Å². The molecule has 25 heavy (non-hydrogen) atoms. The molecule has 0 atom stereocenters. The van der Waals surface area contributed by atoms with Crippen molar-refractivity contribution in [1.29, 1.82) is 0 Å². The first-order chi connectivity index (χ1) is 11.6. The Morgan fingerprint density at radius 2 is 1.44 bits per heavy atom. The minimum absolute atomic E-state index is 0.0394. The molecule has 2 rings (SSSR count). The molecule has 0 heterocycles. The third-order valence-corrected chi connectivity index (χ3v) is 4.38. The average Bonchev–Trinajstić information content (AvgIpc) is 2.52. The molecule has 0 radical (unpaired) electrons. The van der Waals surface area contributed by atoms with E-state index in [2.05, 4.69) is 5.32 Å². The maximum Gasteiger partial charge on any atom is 0.416 e. The first kappa shape index (κ1) is 19.6. The summed E-state index contributed by atoms with van der Waals surface area (Å²) >= 11 is 0. The van der Waals surface area contributed by atoms with Crippen LogP contribution < -0.4 is 5.32 Å². The lowest BCUT2D eigenvalue weighted by atomic mass is 9.86. The van der Waals surface area contributed by atoms with Gasteiger partial charge in [0, 0.05) is 12.1 Å². The van der Waals surface area contributed by atoms with Crippen molar-refractivity contribution in [2.45, 2.75) is 57.3 Å². The van der Waals surface area contributed by atoms with E-state index >= 15 is 0 Å². The van der Waals surface area contributed by atoms with Gasteiger partial charge in [0.05, 0.1) is 11.1 Å². The first-order valence-corrected chi connectivity index (χ1v) is 8.15. The van der Waals surface area contributed by atoms with Crippen LogP contribution in [0.3, 0.4) is 0 Å². The van der Waals surface area contributed by atoms with Gasteiger partial charge in [-0.2, -0.15) is 26.3 Å². The van der Waals surface area contributed by atoms with Crippen LogP contribution in [0.4, 0.5) is 32.0 Å². The molecule has 140 valence electrons. The zero-order chi connectivity index (χ0) is 18.7. The van der Waals surface area contributed by atoms with Gasteiger partial charge >= 0.3 is 12.4 Å². The predicted octanol–water partition coefficient (Wildman–Crippen LogP) is 6.02. The Hall–Kier alpha value is -1.73. The normalized spacial score (nSPS) is 16.7. The molecule has 1 fully saturated rings. The Balaban J connectivity index is 2.07. The zero-order valence-electron chi connectivity index (χ0n) is 13.4. The summed E-state index contributed by atoms with van der Waals surface area (Å²) in [6.45, 7) is 0. The topological polar surface area (TPSA) is 29.1 Å². The number of halogens is 6. The van der Waals surface area contributed by atoms with Crippen LogP contribution in [0.25, 0.3) is 0 Å². The molecular weight excluding hydrogens is 348 g/mol. The molecule has 1 aliphatic carbocycles. The molecule has 1 amide bonds. The van der Waals surface area contributed by atoms with E-state index in [-0.39, 0.29) is 12.5 Å². The van der Waals surface area contributed by atoms with E-state index in [9.17, 15) is 31.1 Å². The molecule has 1 aliphatic rings. The summed E-state index contributed by atoms with van der Waals surface area (Å²) in [5.74, 6) is -0.176. The maximum absolute atomic E-state index is 12.8. The minimum Gasteiger partial charge on any atom is -0.326 e.